The van der Waals surface area contributed by atoms with Crippen molar-refractivity contribution in [1.82, 2.24) is 0 Å². The molecule has 0 aliphatic carbocycles. The van der Waals surface area contributed by atoms with Gasteiger partial charge in [-0.25, -0.2) is 0 Å². The van der Waals surface area contributed by atoms with Crippen LogP contribution < -0.4 is 4.90 Å². The fourth-order valence-corrected chi connectivity index (χ4v) is 0.947. The van der Waals surface area contributed by atoms with E-state index in [4.69, 9.17) is 0 Å². The molecule has 1 nitrogen and oxygen atoms in total. The van der Waals surface area contributed by atoms with E-state index in [9.17, 15) is 0 Å². The Balaban J connectivity index is 0.000001000. The summed E-state index contributed by atoms with van der Waals surface area (Å²) in [6.07, 6.45) is 0. The molecule has 1 radical (unpaired) electrons. The Kier molecular flexibility index (Phi) is 4.33. The average Bonchev–Trinajstić information content (AvgIpc) is 1.88. The van der Waals surface area contributed by atoms with Crippen LogP contribution in [0.2, 0.25) is 0 Å². The van der Waals surface area contributed by atoms with Gasteiger partial charge < -0.3 is 4.90 Å². The molecule has 2 heteroatoms. The summed E-state index contributed by atoms with van der Waals surface area (Å²) in [4.78, 5) is 2.06. The molecule has 55 valence electrons. The Hall–Kier alpha value is -0.383. The van der Waals surface area contributed by atoms with E-state index in [1.54, 1.807) is 0 Å². The number of para-hydroxylation sites is 1. The van der Waals surface area contributed by atoms with E-state index in [0.717, 1.165) is 5.56 Å². The van der Waals surface area contributed by atoms with Crippen molar-refractivity contribution < 1.29 is 0 Å². The van der Waals surface area contributed by atoms with Crippen LogP contribution in [0.1, 0.15) is 5.56 Å². The van der Waals surface area contributed by atoms with E-state index in [0.29, 0.717) is 0 Å². The number of benzene rings is 1. The molecule has 1 aromatic carbocycles. The summed E-state index contributed by atoms with van der Waals surface area (Å²) in [5.74, 6) is 0. The van der Waals surface area contributed by atoms with Gasteiger partial charge in [0, 0.05) is 19.8 Å². The molecule has 0 saturated carbocycles. The van der Waals surface area contributed by atoms with Crippen LogP contribution in [0.15, 0.2) is 24.3 Å². The average molecular weight is 142 g/mol. The molecule has 0 aliphatic heterocycles. The van der Waals surface area contributed by atoms with Crippen LogP contribution in [0.5, 0.6) is 0 Å². The van der Waals surface area contributed by atoms with Gasteiger partial charge in [-0.3, -0.25) is 0 Å². The monoisotopic (exact) mass is 142 g/mol. The molecule has 0 heterocycles. The van der Waals surface area contributed by atoms with Crippen LogP contribution in [0.3, 0.4) is 0 Å². The summed E-state index contributed by atoms with van der Waals surface area (Å²) in [6.45, 7) is 3.90. The second kappa shape index (κ2) is 4.49. The van der Waals surface area contributed by atoms with Crippen molar-refractivity contribution in [3.05, 3.63) is 36.8 Å². The third-order valence-electron chi connectivity index (χ3n) is 1.47. The maximum atomic E-state index is 3.90. The minimum absolute atomic E-state index is 0. The van der Waals surface area contributed by atoms with Crippen LogP contribution in [0, 0.1) is 6.92 Å². The van der Waals surface area contributed by atoms with Gasteiger partial charge in [0.2, 0.25) is 0 Å². The van der Waals surface area contributed by atoms with E-state index in [2.05, 4.69) is 17.9 Å². The number of hydrogen-bond acceptors (Lipinski definition) is 1. The third kappa shape index (κ3) is 2.61. The number of rotatable bonds is 1. The van der Waals surface area contributed by atoms with Crippen molar-refractivity contribution in [3.8, 4) is 0 Å². The SMILES string of the molecule is [CH2]c1ccccc1N(C)C.[LiH]. The van der Waals surface area contributed by atoms with Crippen molar-refractivity contribution in [2.24, 2.45) is 0 Å². The van der Waals surface area contributed by atoms with Crippen molar-refractivity contribution in [1.29, 1.82) is 0 Å². The molecule has 0 fully saturated rings. The van der Waals surface area contributed by atoms with Crippen LogP contribution in [0.4, 0.5) is 5.69 Å². The second-order valence-electron chi connectivity index (χ2n) is 2.52. The zero-order valence-corrected chi connectivity index (χ0v) is 6.46. The molecule has 0 amide bonds. The summed E-state index contributed by atoms with van der Waals surface area (Å²) in [5.41, 5.74) is 2.26. The molecule has 0 aliphatic rings. The molecular weight excluding hydrogens is 129 g/mol. The van der Waals surface area contributed by atoms with Crippen molar-refractivity contribution in [2.75, 3.05) is 19.0 Å². The van der Waals surface area contributed by atoms with E-state index >= 15 is 0 Å². The Morgan fingerprint density at radius 1 is 1.18 bits per heavy atom. The van der Waals surface area contributed by atoms with Gasteiger partial charge in [-0.15, -0.1) is 0 Å². The van der Waals surface area contributed by atoms with Crippen molar-refractivity contribution in [3.63, 3.8) is 0 Å². The minimum atomic E-state index is 0. The first-order chi connectivity index (χ1) is 4.72. The standard InChI is InChI=1S/C9H12N.Li.H/c1-8-6-4-5-7-9(8)10(2)3;;/h4-7H,1H2,2-3H3;;. The summed E-state index contributed by atoms with van der Waals surface area (Å²) in [6, 6.07) is 8.08. The van der Waals surface area contributed by atoms with Gasteiger partial charge in [0.05, 0.1) is 0 Å². The summed E-state index contributed by atoms with van der Waals surface area (Å²) in [5, 5.41) is 0. The Labute approximate surface area is 80.6 Å². The Morgan fingerprint density at radius 2 is 1.73 bits per heavy atom. The molecule has 0 unspecified atom stereocenters. The fourth-order valence-electron chi connectivity index (χ4n) is 0.947. The zero-order chi connectivity index (χ0) is 7.56. The summed E-state index contributed by atoms with van der Waals surface area (Å²) < 4.78 is 0. The van der Waals surface area contributed by atoms with E-state index in [1.165, 1.54) is 5.69 Å². The number of nitrogens with zero attached hydrogens (tertiary/aromatic N) is 1. The van der Waals surface area contributed by atoms with E-state index < -0.39 is 0 Å². The predicted octanol–water partition coefficient (Wildman–Crippen LogP) is 1.29. The first kappa shape index (κ1) is 10.6. The summed E-state index contributed by atoms with van der Waals surface area (Å²) >= 11 is 0. The van der Waals surface area contributed by atoms with Crippen LogP contribution in [0.25, 0.3) is 0 Å². The number of anilines is 1. The van der Waals surface area contributed by atoms with Gasteiger partial charge in [-0.05, 0) is 18.6 Å². The second-order valence-corrected chi connectivity index (χ2v) is 2.52. The molecule has 0 aromatic heterocycles. The molecule has 0 atom stereocenters. The van der Waals surface area contributed by atoms with E-state index in [-0.39, 0.29) is 18.9 Å². The molecule has 0 saturated heterocycles. The molecule has 0 N–H and O–H groups in total. The molecule has 1 aromatic rings. The predicted molar refractivity (Wildman–Crippen MR) is 52.4 cm³/mol. The van der Waals surface area contributed by atoms with Gasteiger partial charge in [-0.2, -0.15) is 0 Å². The van der Waals surface area contributed by atoms with Crippen molar-refractivity contribution in [2.45, 2.75) is 0 Å². The zero-order valence-electron chi connectivity index (χ0n) is 6.46. The first-order valence-electron chi connectivity index (χ1n) is 3.30. The first-order valence-corrected chi connectivity index (χ1v) is 3.30. The molecule has 0 bridgehead atoms. The van der Waals surface area contributed by atoms with Gasteiger partial charge >= 0.3 is 18.9 Å². The number of hydrogen-bond donors (Lipinski definition) is 0. The summed E-state index contributed by atoms with van der Waals surface area (Å²) in [7, 11) is 4.04. The third-order valence-corrected chi connectivity index (χ3v) is 1.47. The molecule has 11 heavy (non-hydrogen) atoms. The molecule has 0 spiro atoms. The maximum absolute atomic E-state index is 3.90. The van der Waals surface area contributed by atoms with Crippen molar-refractivity contribution >= 4 is 24.5 Å². The Bertz CT molecular complexity index is 221. The van der Waals surface area contributed by atoms with Gasteiger partial charge in [0.1, 0.15) is 0 Å². The Morgan fingerprint density at radius 3 is 2.09 bits per heavy atom. The van der Waals surface area contributed by atoms with Crippen LogP contribution in [-0.4, -0.2) is 33.0 Å². The fraction of sp³-hybridized carbons (Fsp3) is 0.222. The topological polar surface area (TPSA) is 3.24 Å². The van der Waals surface area contributed by atoms with Crippen LogP contribution >= 0.6 is 0 Å². The molecular formula is C9H13LiN. The quantitative estimate of drug-likeness (QED) is 0.534. The van der Waals surface area contributed by atoms with Crippen LogP contribution in [-0.2, 0) is 0 Å². The van der Waals surface area contributed by atoms with Gasteiger partial charge in [0.15, 0.2) is 0 Å². The van der Waals surface area contributed by atoms with Gasteiger partial charge in [0.25, 0.3) is 0 Å². The normalized spacial score (nSPS) is 8.64. The van der Waals surface area contributed by atoms with Gasteiger partial charge in [-0.1, -0.05) is 18.2 Å². The van der Waals surface area contributed by atoms with E-state index in [1.807, 2.05) is 32.3 Å². The molecule has 1 rings (SSSR count).